The van der Waals surface area contributed by atoms with Gasteiger partial charge in [0.15, 0.2) is 16.9 Å². The Kier molecular flexibility index (Phi) is 6.25. The normalized spacial score (nSPS) is 22.6. The number of fused-ring (bicyclic) bond motifs is 1. The Morgan fingerprint density at radius 2 is 1.94 bits per heavy atom. The molecule has 0 bridgehead atoms. The lowest BCUT2D eigenvalue weighted by atomic mass is 9.58. The van der Waals surface area contributed by atoms with Crippen molar-refractivity contribution in [3.05, 3.63) is 46.7 Å². The minimum absolute atomic E-state index is 0.0255. The summed E-state index contributed by atoms with van der Waals surface area (Å²) in [5.41, 5.74) is 6.54. The lowest BCUT2D eigenvalue weighted by molar-refractivity contribution is 0.221. The molecule has 1 aromatic carbocycles. The fourth-order valence-corrected chi connectivity index (χ4v) is 4.54. The molecule has 0 saturated carbocycles. The first kappa shape index (κ1) is 22.2. The van der Waals surface area contributed by atoms with Crippen molar-refractivity contribution in [2.75, 3.05) is 26.7 Å². The number of hydrogen-bond donors (Lipinski definition) is 1. The molecule has 2 atom stereocenters. The van der Waals surface area contributed by atoms with E-state index in [4.69, 9.17) is 15.2 Å². The summed E-state index contributed by atoms with van der Waals surface area (Å²) in [5, 5.41) is 30.1. The van der Waals surface area contributed by atoms with Crippen LogP contribution in [0.1, 0.15) is 32.3 Å². The summed E-state index contributed by atoms with van der Waals surface area (Å²) in [6.45, 7) is 7.49. The van der Waals surface area contributed by atoms with E-state index in [1.54, 1.807) is 0 Å². The quantitative estimate of drug-likeness (QED) is 0.781. The molecule has 0 saturated heterocycles. The number of hydrogen-bond acceptors (Lipinski definition) is 7. The van der Waals surface area contributed by atoms with Crippen LogP contribution in [0.2, 0.25) is 0 Å². The molecule has 1 heterocycles. The molecule has 3 rings (SSSR count). The van der Waals surface area contributed by atoms with Crippen LogP contribution >= 0.6 is 0 Å². The van der Waals surface area contributed by atoms with Crippen LogP contribution in [0.5, 0.6) is 11.5 Å². The Bertz CT molecular complexity index is 1040. The van der Waals surface area contributed by atoms with Gasteiger partial charge >= 0.3 is 0 Å². The average molecular weight is 418 g/mol. The summed E-state index contributed by atoms with van der Waals surface area (Å²) < 4.78 is 11.7. The van der Waals surface area contributed by atoms with Gasteiger partial charge < -0.3 is 20.1 Å². The predicted molar refractivity (Wildman–Crippen MR) is 116 cm³/mol. The second kappa shape index (κ2) is 8.72. The molecule has 160 valence electrons. The van der Waals surface area contributed by atoms with E-state index in [1.807, 2.05) is 52.1 Å². The van der Waals surface area contributed by atoms with Crippen molar-refractivity contribution >= 4 is 0 Å². The fraction of sp³-hybridized carbons (Fsp3) is 0.458. The monoisotopic (exact) mass is 417 g/mol. The van der Waals surface area contributed by atoms with E-state index < -0.39 is 11.3 Å². The molecule has 0 unspecified atom stereocenters. The van der Waals surface area contributed by atoms with Crippen molar-refractivity contribution in [2.45, 2.75) is 32.8 Å². The van der Waals surface area contributed by atoms with Gasteiger partial charge in [-0.25, -0.2) is 0 Å². The van der Waals surface area contributed by atoms with E-state index in [2.05, 4.69) is 23.1 Å². The Morgan fingerprint density at radius 1 is 1.23 bits per heavy atom. The molecule has 2 aliphatic rings. The number of nitriles is 3. The number of ether oxygens (including phenoxy) is 2. The summed E-state index contributed by atoms with van der Waals surface area (Å²) in [6, 6.07) is 12.0. The van der Waals surface area contributed by atoms with Crippen molar-refractivity contribution in [1.29, 1.82) is 15.8 Å². The number of benzene rings is 1. The van der Waals surface area contributed by atoms with Gasteiger partial charge in [-0.1, -0.05) is 12.1 Å². The summed E-state index contributed by atoms with van der Waals surface area (Å²) in [7, 11) is 1.98. The highest BCUT2D eigenvalue weighted by Crippen LogP contribution is 2.54. The van der Waals surface area contributed by atoms with Gasteiger partial charge in [0.25, 0.3) is 0 Å². The molecule has 7 heteroatoms. The predicted octanol–water partition coefficient (Wildman–Crippen LogP) is 3.23. The van der Waals surface area contributed by atoms with Gasteiger partial charge in [-0.3, -0.25) is 0 Å². The van der Waals surface area contributed by atoms with E-state index in [1.165, 1.54) is 0 Å². The molecule has 0 spiro atoms. The zero-order chi connectivity index (χ0) is 22.8. The molecule has 2 N–H and O–H groups in total. The summed E-state index contributed by atoms with van der Waals surface area (Å²) in [5.74, 6) is 0.378. The third-order valence-corrected chi connectivity index (χ3v) is 5.84. The molecule has 0 fully saturated rings. The van der Waals surface area contributed by atoms with Crippen molar-refractivity contribution in [2.24, 2.45) is 17.1 Å². The maximum Gasteiger partial charge on any atom is 0.191 e. The minimum Gasteiger partial charge on any atom is -0.490 e. The molecule has 0 amide bonds. The van der Waals surface area contributed by atoms with Crippen LogP contribution in [-0.4, -0.2) is 37.7 Å². The smallest absolute Gasteiger partial charge is 0.191 e. The van der Waals surface area contributed by atoms with Crippen LogP contribution in [0.15, 0.2) is 41.1 Å². The Morgan fingerprint density at radius 3 is 2.52 bits per heavy atom. The molecule has 0 aromatic heterocycles. The molecule has 1 aliphatic heterocycles. The summed E-state index contributed by atoms with van der Waals surface area (Å²) in [6.07, 6.45) is 1.95. The molecule has 1 aromatic rings. The highest BCUT2D eigenvalue weighted by molar-refractivity contribution is 5.60. The SMILES string of the molecule is CCOc1cc([C@H]2[C@@H]3CN(C)CC=C3C(C#N)=C(N)C2(C#N)C#N)ccc1OC(C)C. The van der Waals surface area contributed by atoms with Crippen LogP contribution in [0, 0.1) is 45.3 Å². The van der Waals surface area contributed by atoms with Gasteiger partial charge in [-0.15, -0.1) is 0 Å². The lowest BCUT2D eigenvalue weighted by Crippen LogP contribution is -2.47. The second-order valence-electron chi connectivity index (χ2n) is 8.20. The summed E-state index contributed by atoms with van der Waals surface area (Å²) in [4.78, 5) is 2.11. The van der Waals surface area contributed by atoms with Crippen LogP contribution < -0.4 is 15.2 Å². The summed E-state index contributed by atoms with van der Waals surface area (Å²) >= 11 is 0. The number of likely N-dealkylation sites (N-methyl/N-ethyl adjacent to an activating group) is 1. The molecular formula is C24H27N5O2. The van der Waals surface area contributed by atoms with E-state index in [0.717, 1.165) is 11.1 Å². The topological polar surface area (TPSA) is 119 Å². The lowest BCUT2D eigenvalue weighted by Gasteiger charge is -2.45. The first-order valence-corrected chi connectivity index (χ1v) is 10.4. The van der Waals surface area contributed by atoms with Gasteiger partial charge in [-0.2, -0.15) is 15.8 Å². The Hall–Kier alpha value is -3.47. The minimum atomic E-state index is -1.66. The number of rotatable bonds is 5. The maximum absolute atomic E-state index is 10.2. The van der Waals surface area contributed by atoms with Crippen molar-refractivity contribution < 1.29 is 9.47 Å². The standard InChI is InChI=1S/C24H27N5O2/c1-5-30-21-10-16(6-7-20(21)31-15(2)3)22-19-12-29(4)9-8-17(19)18(11-25)23(28)24(22,13-26)14-27/h6-8,10,15,19,22H,5,9,12,28H2,1-4H3/t19-,22+/m1/s1. The first-order chi connectivity index (χ1) is 14.8. The molecular weight excluding hydrogens is 390 g/mol. The van der Waals surface area contributed by atoms with Gasteiger partial charge in [0.05, 0.1) is 36.1 Å². The Balaban J connectivity index is 2.26. The number of nitrogens with two attached hydrogens (primary N) is 1. The maximum atomic E-state index is 10.2. The van der Waals surface area contributed by atoms with E-state index in [0.29, 0.717) is 31.2 Å². The fourth-order valence-electron chi connectivity index (χ4n) is 4.54. The Labute approximate surface area is 183 Å². The van der Waals surface area contributed by atoms with Crippen LogP contribution in [-0.2, 0) is 0 Å². The molecule has 1 aliphatic carbocycles. The van der Waals surface area contributed by atoms with Crippen LogP contribution in [0.4, 0.5) is 0 Å². The van der Waals surface area contributed by atoms with Crippen molar-refractivity contribution in [1.82, 2.24) is 4.90 Å². The first-order valence-electron chi connectivity index (χ1n) is 10.4. The number of allylic oxidation sites excluding steroid dienone is 2. The van der Waals surface area contributed by atoms with Gasteiger partial charge in [-0.05, 0) is 51.1 Å². The molecule has 31 heavy (non-hydrogen) atoms. The highest BCUT2D eigenvalue weighted by atomic mass is 16.5. The van der Waals surface area contributed by atoms with Crippen molar-refractivity contribution in [3.8, 4) is 29.7 Å². The van der Waals surface area contributed by atoms with E-state index in [9.17, 15) is 15.8 Å². The van der Waals surface area contributed by atoms with Crippen molar-refractivity contribution in [3.63, 3.8) is 0 Å². The van der Waals surface area contributed by atoms with Gasteiger partial charge in [0.2, 0.25) is 0 Å². The van der Waals surface area contributed by atoms with Crippen LogP contribution in [0.25, 0.3) is 0 Å². The van der Waals surface area contributed by atoms with Gasteiger partial charge in [0.1, 0.15) is 6.07 Å². The zero-order valence-electron chi connectivity index (χ0n) is 18.3. The zero-order valence-corrected chi connectivity index (χ0v) is 18.3. The third-order valence-electron chi connectivity index (χ3n) is 5.84. The largest absolute Gasteiger partial charge is 0.490 e. The van der Waals surface area contributed by atoms with Crippen LogP contribution in [0.3, 0.4) is 0 Å². The third kappa shape index (κ3) is 3.72. The van der Waals surface area contributed by atoms with E-state index >= 15 is 0 Å². The second-order valence-corrected chi connectivity index (χ2v) is 8.20. The number of nitrogens with zero attached hydrogens (tertiary/aromatic N) is 4. The molecule has 7 nitrogen and oxygen atoms in total. The van der Waals surface area contributed by atoms with Gasteiger partial charge in [0, 0.05) is 24.9 Å². The average Bonchev–Trinajstić information content (AvgIpc) is 2.74. The molecule has 0 radical (unpaired) electrons. The van der Waals surface area contributed by atoms with E-state index in [-0.39, 0.29) is 23.3 Å². The highest BCUT2D eigenvalue weighted by Gasteiger charge is 2.54.